The van der Waals surface area contributed by atoms with Gasteiger partial charge < -0.3 is 14.2 Å². The predicted molar refractivity (Wildman–Crippen MR) is 101 cm³/mol. The van der Waals surface area contributed by atoms with E-state index in [0.717, 1.165) is 22.9 Å². The number of hydrogen-bond acceptors (Lipinski definition) is 3. The summed E-state index contributed by atoms with van der Waals surface area (Å²) < 4.78 is 7.48. The number of nitrogens with zero attached hydrogens (tertiary/aromatic N) is 2. The molecule has 2 aromatic rings. The second-order valence-corrected chi connectivity index (χ2v) is 7.46. The number of likely N-dealkylation sites (N-methyl/N-ethyl adjacent to an activating group) is 1. The van der Waals surface area contributed by atoms with E-state index in [1.54, 1.807) is 17.0 Å². The molecule has 1 amide bonds. The largest absolute Gasteiger partial charge is 0.444 e. The first-order valence-electron chi connectivity index (χ1n) is 8.37. The molecule has 1 aromatic carbocycles. The van der Waals surface area contributed by atoms with Crippen LogP contribution in [0.5, 0.6) is 0 Å². The van der Waals surface area contributed by atoms with E-state index in [-0.39, 0.29) is 6.09 Å². The van der Waals surface area contributed by atoms with E-state index in [0.29, 0.717) is 30.1 Å². The molecule has 0 aliphatic heterocycles. The fourth-order valence-corrected chi connectivity index (χ4v) is 2.92. The number of aromatic nitrogens is 1. The third-order valence-electron chi connectivity index (χ3n) is 4.06. The summed E-state index contributed by atoms with van der Waals surface area (Å²) in [5.41, 5.74) is 2.00. The van der Waals surface area contributed by atoms with Gasteiger partial charge in [-0.1, -0.05) is 11.6 Å². The number of halogens is 1. The van der Waals surface area contributed by atoms with Crippen molar-refractivity contribution in [2.75, 3.05) is 13.1 Å². The van der Waals surface area contributed by atoms with Crippen molar-refractivity contribution in [3.05, 3.63) is 34.5 Å². The molecular formula is C19H25ClN2O3. The minimum absolute atomic E-state index is 0.306. The Hall–Kier alpha value is -2.01. The first-order valence-corrected chi connectivity index (χ1v) is 8.75. The van der Waals surface area contributed by atoms with Crippen molar-refractivity contribution in [2.45, 2.75) is 39.7 Å². The van der Waals surface area contributed by atoms with Crippen molar-refractivity contribution in [1.29, 1.82) is 0 Å². The smallest absolute Gasteiger partial charge is 0.410 e. The first kappa shape index (κ1) is 19.3. The van der Waals surface area contributed by atoms with E-state index in [9.17, 15) is 9.59 Å². The summed E-state index contributed by atoms with van der Waals surface area (Å²) in [6, 6.07) is 5.62. The number of amides is 1. The maximum Gasteiger partial charge on any atom is 0.410 e. The number of ether oxygens (including phenoxy) is 1. The molecule has 136 valence electrons. The molecule has 0 N–H and O–H groups in total. The van der Waals surface area contributed by atoms with Crippen molar-refractivity contribution in [1.82, 2.24) is 9.47 Å². The van der Waals surface area contributed by atoms with Crippen LogP contribution in [0.3, 0.4) is 0 Å². The Morgan fingerprint density at radius 1 is 1.32 bits per heavy atom. The average Bonchev–Trinajstić information content (AvgIpc) is 2.81. The van der Waals surface area contributed by atoms with Gasteiger partial charge in [0.25, 0.3) is 0 Å². The molecule has 0 radical (unpaired) electrons. The Morgan fingerprint density at radius 3 is 2.56 bits per heavy atom. The van der Waals surface area contributed by atoms with Gasteiger partial charge in [-0.25, -0.2) is 4.79 Å². The lowest BCUT2D eigenvalue weighted by Crippen LogP contribution is -2.38. The highest BCUT2D eigenvalue weighted by atomic mass is 35.5. The van der Waals surface area contributed by atoms with Gasteiger partial charge in [0.1, 0.15) is 5.60 Å². The quantitative estimate of drug-likeness (QED) is 0.737. The highest BCUT2D eigenvalue weighted by Gasteiger charge is 2.21. The topological polar surface area (TPSA) is 51.5 Å². The molecule has 0 aliphatic rings. The Labute approximate surface area is 153 Å². The normalized spacial score (nSPS) is 11.6. The summed E-state index contributed by atoms with van der Waals surface area (Å²) in [6.45, 7) is 8.65. The van der Waals surface area contributed by atoms with Crippen LogP contribution in [-0.4, -0.2) is 40.5 Å². The highest BCUT2D eigenvalue weighted by molar-refractivity contribution is 6.33. The Balaban J connectivity index is 2.18. The second kappa shape index (κ2) is 7.48. The zero-order chi connectivity index (χ0) is 18.8. The van der Waals surface area contributed by atoms with E-state index in [1.165, 1.54) is 0 Å². The molecule has 0 aliphatic carbocycles. The van der Waals surface area contributed by atoms with Crippen molar-refractivity contribution in [3.8, 4) is 0 Å². The number of fused-ring (bicyclic) bond motifs is 1. The van der Waals surface area contributed by atoms with Gasteiger partial charge in [-0.3, -0.25) is 4.79 Å². The van der Waals surface area contributed by atoms with Crippen molar-refractivity contribution >= 4 is 34.9 Å². The molecule has 0 spiro atoms. The number of benzene rings is 1. The molecule has 0 saturated heterocycles. The third kappa shape index (κ3) is 4.54. The third-order valence-corrected chi connectivity index (χ3v) is 4.39. The maximum absolute atomic E-state index is 12.2. The lowest BCUT2D eigenvalue weighted by atomic mass is 10.1. The van der Waals surface area contributed by atoms with Crippen molar-refractivity contribution in [3.63, 3.8) is 0 Å². The van der Waals surface area contributed by atoms with Crippen LogP contribution in [0, 0.1) is 0 Å². The number of aldehydes is 1. The Kier molecular flexibility index (Phi) is 5.78. The van der Waals surface area contributed by atoms with Gasteiger partial charge in [-0.15, -0.1) is 0 Å². The molecule has 0 unspecified atom stereocenters. The number of carbonyl (C=O) groups excluding carboxylic acids is 2. The Morgan fingerprint density at radius 2 is 2.00 bits per heavy atom. The summed E-state index contributed by atoms with van der Waals surface area (Å²) in [5, 5.41) is 1.41. The summed E-state index contributed by atoms with van der Waals surface area (Å²) in [4.78, 5) is 25.0. The zero-order valence-corrected chi connectivity index (χ0v) is 16.2. The van der Waals surface area contributed by atoms with Crippen LogP contribution in [0.1, 0.15) is 43.7 Å². The standard InChI is InChI=1S/C19H25ClN2O3/c1-6-22(18(24)25-19(2,3)4)8-7-15-10-13-9-14(12-23)16(20)11-17(13)21(15)5/h9-12H,6-8H2,1-5H3. The van der Waals surface area contributed by atoms with E-state index in [2.05, 4.69) is 0 Å². The van der Waals surface area contributed by atoms with E-state index >= 15 is 0 Å². The SMILES string of the molecule is CCN(CCc1cc2cc(C=O)c(Cl)cc2n1C)C(=O)OC(C)(C)C. The number of hydrogen-bond donors (Lipinski definition) is 0. The van der Waals surface area contributed by atoms with Gasteiger partial charge in [0.15, 0.2) is 6.29 Å². The molecule has 1 aromatic heterocycles. The summed E-state index contributed by atoms with van der Waals surface area (Å²) in [5.74, 6) is 0. The van der Waals surface area contributed by atoms with E-state index in [4.69, 9.17) is 16.3 Å². The lowest BCUT2D eigenvalue weighted by molar-refractivity contribution is 0.0261. The molecule has 1 heterocycles. The molecular weight excluding hydrogens is 340 g/mol. The average molecular weight is 365 g/mol. The number of aryl methyl sites for hydroxylation is 1. The minimum Gasteiger partial charge on any atom is -0.444 e. The fourth-order valence-electron chi connectivity index (χ4n) is 2.72. The van der Waals surface area contributed by atoms with Crippen LogP contribution in [0.2, 0.25) is 5.02 Å². The fraction of sp³-hybridized carbons (Fsp3) is 0.474. The number of carbonyl (C=O) groups is 2. The van der Waals surface area contributed by atoms with Gasteiger partial charge in [-0.2, -0.15) is 0 Å². The summed E-state index contributed by atoms with van der Waals surface area (Å²) in [7, 11) is 1.96. The van der Waals surface area contributed by atoms with Gasteiger partial charge in [-0.05, 0) is 45.9 Å². The maximum atomic E-state index is 12.2. The second-order valence-electron chi connectivity index (χ2n) is 7.06. The molecule has 2 rings (SSSR count). The minimum atomic E-state index is -0.508. The molecule has 0 saturated carbocycles. The number of rotatable bonds is 5. The van der Waals surface area contributed by atoms with Gasteiger partial charge in [0.05, 0.1) is 5.02 Å². The summed E-state index contributed by atoms with van der Waals surface area (Å²) >= 11 is 6.12. The molecule has 0 bridgehead atoms. The van der Waals surface area contributed by atoms with Crippen LogP contribution in [-0.2, 0) is 18.2 Å². The first-order chi connectivity index (χ1) is 11.7. The monoisotopic (exact) mass is 364 g/mol. The molecule has 25 heavy (non-hydrogen) atoms. The molecule has 5 nitrogen and oxygen atoms in total. The van der Waals surface area contributed by atoms with Crippen LogP contribution < -0.4 is 0 Å². The van der Waals surface area contributed by atoms with Crippen LogP contribution in [0.25, 0.3) is 10.9 Å². The van der Waals surface area contributed by atoms with Gasteiger partial charge in [0, 0.05) is 48.7 Å². The van der Waals surface area contributed by atoms with E-state index < -0.39 is 5.60 Å². The molecule has 0 atom stereocenters. The van der Waals surface area contributed by atoms with Crippen molar-refractivity contribution in [2.24, 2.45) is 7.05 Å². The predicted octanol–water partition coefficient (Wildman–Crippen LogP) is 4.44. The van der Waals surface area contributed by atoms with Gasteiger partial charge >= 0.3 is 6.09 Å². The van der Waals surface area contributed by atoms with Crippen LogP contribution >= 0.6 is 11.6 Å². The zero-order valence-electron chi connectivity index (χ0n) is 15.4. The van der Waals surface area contributed by atoms with Crippen LogP contribution in [0.15, 0.2) is 18.2 Å². The Bertz CT molecular complexity index is 790. The highest BCUT2D eigenvalue weighted by Crippen LogP contribution is 2.26. The lowest BCUT2D eigenvalue weighted by Gasteiger charge is -2.26. The van der Waals surface area contributed by atoms with Gasteiger partial charge in [0.2, 0.25) is 0 Å². The summed E-state index contributed by atoms with van der Waals surface area (Å²) in [6.07, 6.45) is 1.14. The van der Waals surface area contributed by atoms with Crippen molar-refractivity contribution < 1.29 is 14.3 Å². The molecule has 6 heteroatoms. The van der Waals surface area contributed by atoms with E-state index in [1.807, 2.05) is 45.4 Å². The van der Waals surface area contributed by atoms with Crippen LogP contribution in [0.4, 0.5) is 4.79 Å². The molecule has 0 fully saturated rings.